The molecule has 0 aromatic heterocycles. The van der Waals surface area contributed by atoms with Crippen molar-refractivity contribution < 1.29 is 14.3 Å². The molecule has 0 aromatic rings. The Labute approximate surface area is 120 Å². The average Bonchev–Trinajstić information content (AvgIpc) is 2.36. The van der Waals surface area contributed by atoms with Gasteiger partial charge in [0.25, 0.3) is 0 Å². The van der Waals surface area contributed by atoms with Gasteiger partial charge in [-0.3, -0.25) is 4.79 Å². The normalized spacial score (nSPS) is 44.5. The molecule has 4 saturated carbocycles. The van der Waals surface area contributed by atoms with E-state index in [-0.39, 0.29) is 29.1 Å². The summed E-state index contributed by atoms with van der Waals surface area (Å²) < 4.78 is 6.00. The topological polar surface area (TPSA) is 43.4 Å². The molecule has 0 saturated heterocycles. The molecule has 3 heteroatoms. The molecule has 0 N–H and O–H groups in total. The van der Waals surface area contributed by atoms with Crippen LogP contribution in [0.3, 0.4) is 0 Å². The third kappa shape index (κ3) is 1.47. The van der Waals surface area contributed by atoms with Crippen LogP contribution in [0.4, 0.5) is 0 Å². The van der Waals surface area contributed by atoms with Crippen molar-refractivity contribution in [1.29, 1.82) is 0 Å². The maximum Gasteiger partial charge on any atom is 0.333 e. The number of ether oxygens (including phenoxy) is 1. The molecule has 0 radical (unpaired) electrons. The monoisotopic (exact) mass is 276 g/mol. The van der Waals surface area contributed by atoms with Crippen molar-refractivity contribution in [2.24, 2.45) is 29.1 Å². The molecule has 0 heterocycles. The second-order valence-electron chi connectivity index (χ2n) is 7.67. The van der Waals surface area contributed by atoms with Gasteiger partial charge < -0.3 is 4.74 Å². The van der Waals surface area contributed by atoms with E-state index in [2.05, 4.69) is 27.4 Å². The summed E-state index contributed by atoms with van der Waals surface area (Å²) in [6.07, 6.45) is 2.86. The molecule has 4 fully saturated rings. The van der Waals surface area contributed by atoms with Gasteiger partial charge >= 0.3 is 5.97 Å². The van der Waals surface area contributed by atoms with Crippen LogP contribution in [-0.4, -0.2) is 17.4 Å². The Balaban J connectivity index is 2.05. The van der Waals surface area contributed by atoms with Gasteiger partial charge in [0.2, 0.25) is 0 Å². The zero-order valence-corrected chi connectivity index (χ0v) is 12.9. The molecule has 0 aliphatic heterocycles. The number of Topliss-reactive ketones (excluding diaryl/α,β-unsaturated/α-hetero) is 1. The molecule has 20 heavy (non-hydrogen) atoms. The first-order valence-corrected chi connectivity index (χ1v) is 7.63. The third-order valence-electron chi connectivity index (χ3n) is 6.38. The zero-order valence-electron chi connectivity index (χ0n) is 12.9. The molecule has 0 aromatic carbocycles. The van der Waals surface area contributed by atoms with Gasteiger partial charge in [-0.25, -0.2) is 4.79 Å². The number of hydrogen-bond acceptors (Lipinski definition) is 3. The maximum absolute atomic E-state index is 12.6. The number of hydrogen-bond donors (Lipinski definition) is 0. The van der Waals surface area contributed by atoms with E-state index in [9.17, 15) is 9.59 Å². The van der Waals surface area contributed by atoms with Crippen molar-refractivity contribution in [3.8, 4) is 0 Å². The second kappa shape index (κ2) is 3.96. The fourth-order valence-electron chi connectivity index (χ4n) is 5.15. The Bertz CT molecular complexity index is 504. The molecule has 4 aliphatic carbocycles. The van der Waals surface area contributed by atoms with E-state index >= 15 is 0 Å². The molecule has 4 rings (SSSR count). The highest BCUT2D eigenvalue weighted by molar-refractivity contribution is 5.89. The van der Waals surface area contributed by atoms with Gasteiger partial charge in [0.1, 0.15) is 11.4 Å². The van der Waals surface area contributed by atoms with Crippen molar-refractivity contribution in [1.82, 2.24) is 0 Å². The second-order valence-corrected chi connectivity index (χ2v) is 7.67. The molecule has 0 amide bonds. The Morgan fingerprint density at radius 3 is 2.60 bits per heavy atom. The van der Waals surface area contributed by atoms with E-state index in [0.717, 1.165) is 19.3 Å². The van der Waals surface area contributed by atoms with Crippen LogP contribution in [0.1, 0.15) is 47.0 Å². The van der Waals surface area contributed by atoms with Crippen LogP contribution in [0.25, 0.3) is 0 Å². The summed E-state index contributed by atoms with van der Waals surface area (Å²) in [6.45, 7) is 11.7. The van der Waals surface area contributed by atoms with Gasteiger partial charge in [-0.05, 0) is 32.1 Å². The van der Waals surface area contributed by atoms with Crippen molar-refractivity contribution >= 4 is 11.8 Å². The minimum atomic E-state index is -0.493. The summed E-state index contributed by atoms with van der Waals surface area (Å²) in [6, 6.07) is 0. The average molecular weight is 276 g/mol. The van der Waals surface area contributed by atoms with Crippen LogP contribution in [0, 0.1) is 29.1 Å². The van der Waals surface area contributed by atoms with Gasteiger partial charge in [0.05, 0.1) is 0 Å². The lowest BCUT2D eigenvalue weighted by Crippen LogP contribution is -2.71. The molecular weight excluding hydrogens is 252 g/mol. The number of rotatable bonds is 2. The van der Waals surface area contributed by atoms with Crippen molar-refractivity contribution in [2.45, 2.75) is 52.6 Å². The Morgan fingerprint density at radius 2 is 2.00 bits per heavy atom. The molecule has 5 atom stereocenters. The van der Waals surface area contributed by atoms with Gasteiger partial charge in [-0.1, -0.05) is 27.4 Å². The van der Waals surface area contributed by atoms with Crippen LogP contribution in [0.2, 0.25) is 0 Å². The highest BCUT2D eigenvalue weighted by Gasteiger charge is 2.70. The number of carbonyl (C=O) groups is 2. The van der Waals surface area contributed by atoms with Gasteiger partial charge in [0, 0.05) is 28.7 Å². The van der Waals surface area contributed by atoms with Crippen LogP contribution in [-0.2, 0) is 14.3 Å². The van der Waals surface area contributed by atoms with E-state index in [1.165, 1.54) is 0 Å². The first kappa shape index (κ1) is 13.8. The summed E-state index contributed by atoms with van der Waals surface area (Å²) in [4.78, 5) is 24.7. The highest BCUT2D eigenvalue weighted by Crippen LogP contribution is 2.66. The van der Waals surface area contributed by atoms with Crippen molar-refractivity contribution in [3.63, 3.8) is 0 Å². The van der Waals surface area contributed by atoms with E-state index < -0.39 is 5.60 Å². The third-order valence-corrected chi connectivity index (χ3v) is 6.38. The first-order valence-electron chi connectivity index (χ1n) is 7.63. The SMILES string of the molecule is C=C(C)C(=O)OC12CC3CC(C(=O)C(C3)C1(C)C)C2C. The smallest absolute Gasteiger partial charge is 0.333 e. The number of esters is 1. The minimum absolute atomic E-state index is 0.0501. The standard InChI is InChI=1S/C17H24O3/c1-9(2)15(19)20-17-8-11-6-12(10(17)3)14(18)13(7-11)16(17,4)5/h10-13H,1,6-8H2,2-5H3. The van der Waals surface area contributed by atoms with Crippen molar-refractivity contribution in [3.05, 3.63) is 12.2 Å². The summed E-state index contributed by atoms with van der Waals surface area (Å²) in [5.41, 5.74) is -0.328. The van der Waals surface area contributed by atoms with E-state index in [1.54, 1.807) is 6.92 Å². The summed E-state index contributed by atoms with van der Waals surface area (Å²) in [5, 5.41) is 0. The van der Waals surface area contributed by atoms with Crippen LogP contribution >= 0.6 is 0 Å². The lowest BCUT2D eigenvalue weighted by Gasteiger charge is -2.66. The quantitative estimate of drug-likeness (QED) is 0.575. The first-order chi connectivity index (χ1) is 9.20. The fourth-order valence-corrected chi connectivity index (χ4v) is 5.15. The number of carbonyl (C=O) groups excluding carboxylic acids is 2. The molecule has 5 unspecified atom stereocenters. The Kier molecular flexibility index (Phi) is 2.74. The fraction of sp³-hybridized carbons (Fsp3) is 0.765. The van der Waals surface area contributed by atoms with Gasteiger partial charge in [-0.2, -0.15) is 0 Å². The summed E-state index contributed by atoms with van der Waals surface area (Å²) in [7, 11) is 0. The summed E-state index contributed by atoms with van der Waals surface area (Å²) >= 11 is 0. The van der Waals surface area contributed by atoms with Gasteiger partial charge in [-0.15, -0.1) is 0 Å². The van der Waals surface area contributed by atoms with Crippen LogP contribution in [0.15, 0.2) is 12.2 Å². The molecule has 110 valence electrons. The predicted octanol–water partition coefficient (Wildman–Crippen LogP) is 3.14. The largest absolute Gasteiger partial charge is 0.455 e. The van der Waals surface area contributed by atoms with Crippen LogP contribution < -0.4 is 0 Å². The molecular formula is C17H24O3. The van der Waals surface area contributed by atoms with E-state index in [1.807, 2.05) is 0 Å². The zero-order chi connectivity index (χ0) is 14.9. The number of ketones is 1. The lowest BCUT2D eigenvalue weighted by atomic mass is 9.40. The predicted molar refractivity (Wildman–Crippen MR) is 75.9 cm³/mol. The highest BCUT2D eigenvalue weighted by atomic mass is 16.6. The Hall–Kier alpha value is -1.12. The van der Waals surface area contributed by atoms with Crippen LogP contribution in [0.5, 0.6) is 0 Å². The van der Waals surface area contributed by atoms with Gasteiger partial charge in [0.15, 0.2) is 0 Å². The Morgan fingerprint density at radius 1 is 1.35 bits per heavy atom. The molecule has 4 bridgehead atoms. The summed E-state index contributed by atoms with van der Waals surface area (Å²) in [5.74, 6) is 0.873. The van der Waals surface area contributed by atoms with Crippen molar-refractivity contribution in [2.75, 3.05) is 0 Å². The van der Waals surface area contributed by atoms with E-state index in [4.69, 9.17) is 4.74 Å². The molecule has 4 aliphatic rings. The molecule has 0 spiro atoms. The lowest BCUT2D eigenvalue weighted by molar-refractivity contribution is -0.247. The molecule has 3 nitrogen and oxygen atoms in total. The van der Waals surface area contributed by atoms with E-state index in [0.29, 0.717) is 17.3 Å². The maximum atomic E-state index is 12.6. The minimum Gasteiger partial charge on any atom is -0.455 e.